The van der Waals surface area contributed by atoms with Crippen LogP contribution in [-0.2, 0) is 10.0 Å². The summed E-state index contributed by atoms with van der Waals surface area (Å²) < 4.78 is 33.1. The quantitative estimate of drug-likeness (QED) is 0.691. The van der Waals surface area contributed by atoms with Gasteiger partial charge in [-0.25, -0.2) is 13.1 Å². The number of rotatable bonds is 7. The first-order valence-corrected chi connectivity index (χ1v) is 10.3. The van der Waals surface area contributed by atoms with Crippen LogP contribution in [-0.4, -0.2) is 28.0 Å². The van der Waals surface area contributed by atoms with E-state index < -0.39 is 10.0 Å². The molecule has 0 spiro atoms. The van der Waals surface area contributed by atoms with E-state index in [0.717, 1.165) is 10.0 Å². The molecule has 0 aromatic heterocycles. The molecular formula is C18H21BrN2O4S. The maximum absolute atomic E-state index is 12.6. The third kappa shape index (κ3) is 4.84. The van der Waals surface area contributed by atoms with E-state index in [0.29, 0.717) is 0 Å². The molecule has 2 N–H and O–H groups in total. The Morgan fingerprint density at radius 2 is 1.96 bits per heavy atom. The second-order valence-corrected chi connectivity index (χ2v) is 8.27. The van der Waals surface area contributed by atoms with Crippen molar-refractivity contribution < 1.29 is 17.9 Å². The van der Waals surface area contributed by atoms with Gasteiger partial charge in [-0.1, -0.05) is 35.0 Å². The van der Waals surface area contributed by atoms with Crippen LogP contribution in [0.1, 0.15) is 35.8 Å². The highest BCUT2D eigenvalue weighted by atomic mass is 79.9. The Labute approximate surface area is 162 Å². The number of hydrogen-bond donors (Lipinski definition) is 2. The lowest BCUT2D eigenvalue weighted by Crippen LogP contribution is -2.28. The van der Waals surface area contributed by atoms with Gasteiger partial charge in [0.2, 0.25) is 10.0 Å². The smallest absolute Gasteiger partial charge is 0.251 e. The molecule has 0 saturated heterocycles. The van der Waals surface area contributed by atoms with E-state index in [-0.39, 0.29) is 34.7 Å². The molecule has 0 heterocycles. The molecule has 1 atom stereocenters. The molecule has 0 aliphatic heterocycles. The van der Waals surface area contributed by atoms with Crippen LogP contribution in [0.5, 0.6) is 5.75 Å². The zero-order chi connectivity index (χ0) is 19.3. The maximum atomic E-state index is 12.6. The van der Waals surface area contributed by atoms with Gasteiger partial charge in [-0.05, 0) is 42.8 Å². The number of carbonyl (C=O) groups is 1. The molecule has 26 heavy (non-hydrogen) atoms. The molecule has 0 aliphatic rings. The van der Waals surface area contributed by atoms with Crippen molar-refractivity contribution in [3.63, 3.8) is 0 Å². The zero-order valence-corrected chi connectivity index (χ0v) is 17.1. The average molecular weight is 441 g/mol. The molecule has 140 valence electrons. The molecule has 0 fully saturated rings. The summed E-state index contributed by atoms with van der Waals surface area (Å²) in [6, 6.07) is 11.7. The minimum absolute atomic E-state index is 0.0652. The van der Waals surface area contributed by atoms with Gasteiger partial charge >= 0.3 is 0 Å². The van der Waals surface area contributed by atoms with Gasteiger partial charge < -0.3 is 10.1 Å². The first-order chi connectivity index (χ1) is 12.3. The van der Waals surface area contributed by atoms with E-state index in [1.807, 2.05) is 31.2 Å². The van der Waals surface area contributed by atoms with E-state index in [2.05, 4.69) is 26.0 Å². The van der Waals surface area contributed by atoms with Crippen LogP contribution in [0.4, 0.5) is 0 Å². The summed E-state index contributed by atoms with van der Waals surface area (Å²) in [6.07, 6.45) is 0. The molecule has 2 aromatic rings. The van der Waals surface area contributed by atoms with Crippen LogP contribution in [0.2, 0.25) is 0 Å². The highest BCUT2D eigenvalue weighted by Crippen LogP contribution is 2.25. The Morgan fingerprint density at radius 1 is 1.23 bits per heavy atom. The Bertz CT molecular complexity index is 900. The summed E-state index contributed by atoms with van der Waals surface area (Å²) in [5, 5.41) is 2.87. The average Bonchev–Trinajstić information content (AvgIpc) is 2.61. The van der Waals surface area contributed by atoms with Gasteiger partial charge in [0.25, 0.3) is 5.91 Å². The highest BCUT2D eigenvalue weighted by Gasteiger charge is 2.21. The number of nitrogens with one attached hydrogen (secondary N) is 2. The standard InChI is InChI=1S/C18H21BrN2O4S/c1-4-20-26(23,24)17-11-14(8-9-16(17)25-3)18(22)21-12(2)13-6-5-7-15(19)10-13/h5-12,20H,4H2,1-3H3,(H,21,22)/t12-/m0/s1. The monoisotopic (exact) mass is 440 g/mol. The zero-order valence-electron chi connectivity index (χ0n) is 14.7. The van der Waals surface area contributed by atoms with Crippen molar-refractivity contribution in [3.05, 3.63) is 58.1 Å². The highest BCUT2D eigenvalue weighted by molar-refractivity contribution is 9.10. The molecule has 0 aliphatic carbocycles. The van der Waals surface area contributed by atoms with E-state index in [1.165, 1.54) is 25.3 Å². The molecular weight excluding hydrogens is 420 g/mol. The van der Waals surface area contributed by atoms with Gasteiger partial charge in [-0.15, -0.1) is 0 Å². The van der Waals surface area contributed by atoms with Gasteiger partial charge in [0.1, 0.15) is 10.6 Å². The molecule has 2 rings (SSSR count). The number of benzene rings is 2. The van der Waals surface area contributed by atoms with Gasteiger partial charge in [-0.3, -0.25) is 4.79 Å². The topological polar surface area (TPSA) is 84.5 Å². The summed E-state index contributed by atoms with van der Waals surface area (Å²) in [4.78, 5) is 12.5. The molecule has 6 nitrogen and oxygen atoms in total. The normalized spacial score (nSPS) is 12.5. The van der Waals surface area contributed by atoms with Crippen LogP contribution < -0.4 is 14.8 Å². The predicted molar refractivity (Wildman–Crippen MR) is 104 cm³/mol. The molecule has 8 heteroatoms. The first kappa shape index (κ1) is 20.4. The minimum atomic E-state index is -3.76. The van der Waals surface area contributed by atoms with Gasteiger partial charge in [0.15, 0.2) is 0 Å². The lowest BCUT2D eigenvalue weighted by Gasteiger charge is -2.16. The van der Waals surface area contributed by atoms with Crippen molar-refractivity contribution in [3.8, 4) is 5.75 Å². The number of methoxy groups -OCH3 is 1. The summed E-state index contributed by atoms with van der Waals surface area (Å²) in [5.41, 5.74) is 1.17. The lowest BCUT2D eigenvalue weighted by atomic mass is 10.1. The molecule has 0 saturated carbocycles. The van der Waals surface area contributed by atoms with Crippen molar-refractivity contribution in [2.75, 3.05) is 13.7 Å². The van der Waals surface area contributed by atoms with Gasteiger partial charge in [0, 0.05) is 16.6 Å². The molecule has 1 amide bonds. The number of sulfonamides is 1. The largest absolute Gasteiger partial charge is 0.495 e. The SMILES string of the molecule is CCNS(=O)(=O)c1cc(C(=O)N[C@@H](C)c2cccc(Br)c2)ccc1OC. The Balaban J connectivity index is 2.29. The van der Waals surface area contributed by atoms with Crippen molar-refractivity contribution in [1.29, 1.82) is 0 Å². The molecule has 0 bridgehead atoms. The Hall–Kier alpha value is -1.90. The third-order valence-corrected chi connectivity index (χ3v) is 5.81. The van der Waals surface area contributed by atoms with Crippen LogP contribution in [0.25, 0.3) is 0 Å². The van der Waals surface area contributed by atoms with Crippen LogP contribution in [0, 0.1) is 0 Å². The summed E-state index contributed by atoms with van der Waals surface area (Å²) in [5.74, 6) is -0.185. The van der Waals surface area contributed by atoms with Gasteiger partial charge in [-0.2, -0.15) is 0 Å². The van der Waals surface area contributed by atoms with Crippen molar-refractivity contribution >= 4 is 31.9 Å². The predicted octanol–water partition coefficient (Wildman–Crippen LogP) is 3.25. The molecule has 0 radical (unpaired) electrons. The first-order valence-electron chi connectivity index (χ1n) is 8.02. The number of ether oxygens (including phenoxy) is 1. The third-order valence-electron chi connectivity index (χ3n) is 3.75. The number of amides is 1. The van der Waals surface area contributed by atoms with E-state index in [1.54, 1.807) is 6.92 Å². The number of halogens is 1. The van der Waals surface area contributed by atoms with Crippen molar-refractivity contribution in [2.24, 2.45) is 0 Å². The van der Waals surface area contributed by atoms with Crippen molar-refractivity contribution in [1.82, 2.24) is 10.0 Å². The molecule has 0 unspecified atom stereocenters. The minimum Gasteiger partial charge on any atom is -0.495 e. The van der Waals surface area contributed by atoms with E-state index >= 15 is 0 Å². The summed E-state index contributed by atoms with van der Waals surface area (Å²) >= 11 is 3.40. The Morgan fingerprint density at radius 3 is 2.58 bits per heavy atom. The number of carbonyl (C=O) groups excluding carboxylic acids is 1. The van der Waals surface area contributed by atoms with Gasteiger partial charge in [0.05, 0.1) is 13.2 Å². The second-order valence-electron chi connectivity index (χ2n) is 5.62. The fraction of sp³-hybridized carbons (Fsp3) is 0.278. The van der Waals surface area contributed by atoms with Crippen molar-refractivity contribution in [2.45, 2.75) is 24.8 Å². The molecule has 2 aromatic carbocycles. The maximum Gasteiger partial charge on any atom is 0.251 e. The van der Waals surface area contributed by atoms with Crippen LogP contribution in [0.3, 0.4) is 0 Å². The summed E-state index contributed by atoms with van der Waals surface area (Å²) in [6.45, 7) is 3.78. The van der Waals surface area contributed by atoms with E-state index in [9.17, 15) is 13.2 Å². The fourth-order valence-electron chi connectivity index (χ4n) is 2.43. The van der Waals surface area contributed by atoms with Crippen LogP contribution in [0.15, 0.2) is 51.8 Å². The lowest BCUT2D eigenvalue weighted by molar-refractivity contribution is 0.0939. The Kier molecular flexibility index (Phi) is 6.80. The van der Waals surface area contributed by atoms with E-state index in [4.69, 9.17) is 4.74 Å². The fourth-order valence-corrected chi connectivity index (χ4v) is 4.09. The van der Waals surface area contributed by atoms with Crippen LogP contribution >= 0.6 is 15.9 Å². The number of hydrogen-bond acceptors (Lipinski definition) is 4. The second kappa shape index (κ2) is 8.66. The summed E-state index contributed by atoms with van der Waals surface area (Å²) in [7, 11) is -2.37.